The maximum absolute atomic E-state index is 13.0. The first kappa shape index (κ1) is 15.6. The minimum Gasteiger partial charge on any atom is -0.496 e. The van der Waals surface area contributed by atoms with Gasteiger partial charge < -0.3 is 20.1 Å². The Morgan fingerprint density at radius 1 is 1.24 bits per heavy atom. The summed E-state index contributed by atoms with van der Waals surface area (Å²) in [5.74, 6) is 1.03. The molecule has 0 spiro atoms. The third kappa shape index (κ3) is 3.29. The van der Waals surface area contributed by atoms with Crippen LogP contribution >= 0.6 is 0 Å². The van der Waals surface area contributed by atoms with Crippen molar-refractivity contribution in [1.29, 1.82) is 0 Å². The molecule has 2 rings (SSSR count). The highest BCUT2D eigenvalue weighted by Crippen LogP contribution is 2.32. The molecule has 0 aromatic heterocycles. The van der Waals surface area contributed by atoms with Crippen LogP contribution in [0.4, 0.5) is 0 Å². The molecule has 0 saturated heterocycles. The van der Waals surface area contributed by atoms with Crippen LogP contribution in [0.5, 0.6) is 11.5 Å². The van der Waals surface area contributed by atoms with Crippen LogP contribution in [-0.2, 0) is 0 Å². The van der Waals surface area contributed by atoms with E-state index < -0.39 is 0 Å². The summed E-state index contributed by atoms with van der Waals surface area (Å²) in [6.45, 7) is 1.02. The lowest BCUT2D eigenvalue weighted by molar-refractivity contribution is 0.0681. The number of ether oxygens (including phenoxy) is 2. The van der Waals surface area contributed by atoms with Crippen molar-refractivity contribution in [1.82, 2.24) is 4.90 Å². The van der Waals surface area contributed by atoms with Gasteiger partial charge in [0.05, 0.1) is 14.2 Å². The Bertz CT molecular complexity index is 462. The first-order valence-corrected chi connectivity index (χ1v) is 7.45. The van der Waals surface area contributed by atoms with E-state index >= 15 is 0 Å². The second kappa shape index (κ2) is 7.31. The number of amides is 1. The topological polar surface area (TPSA) is 64.8 Å². The van der Waals surface area contributed by atoms with Crippen molar-refractivity contribution in [2.24, 2.45) is 5.73 Å². The summed E-state index contributed by atoms with van der Waals surface area (Å²) < 4.78 is 10.7. The largest absolute Gasteiger partial charge is 0.496 e. The van der Waals surface area contributed by atoms with Crippen molar-refractivity contribution in [2.45, 2.75) is 31.7 Å². The Morgan fingerprint density at radius 2 is 1.81 bits per heavy atom. The molecule has 1 fully saturated rings. The lowest BCUT2D eigenvalue weighted by Crippen LogP contribution is -2.42. The number of carbonyl (C=O) groups is 1. The second-order valence-corrected chi connectivity index (χ2v) is 5.26. The Kier molecular flexibility index (Phi) is 5.44. The number of benzene rings is 1. The fourth-order valence-electron chi connectivity index (χ4n) is 3.01. The molecule has 0 radical (unpaired) electrons. The highest BCUT2D eigenvalue weighted by molar-refractivity contribution is 6.00. The van der Waals surface area contributed by atoms with E-state index in [-0.39, 0.29) is 11.9 Å². The van der Waals surface area contributed by atoms with Gasteiger partial charge in [0.25, 0.3) is 5.91 Å². The Hall–Kier alpha value is -1.75. The zero-order valence-corrected chi connectivity index (χ0v) is 12.8. The number of nitrogens with zero attached hydrogens (tertiary/aromatic N) is 1. The molecule has 1 aromatic rings. The van der Waals surface area contributed by atoms with Gasteiger partial charge in [-0.1, -0.05) is 18.9 Å². The maximum Gasteiger partial charge on any atom is 0.261 e. The number of hydrogen-bond donors (Lipinski definition) is 1. The lowest BCUT2D eigenvalue weighted by Gasteiger charge is -2.29. The molecule has 1 aromatic carbocycles. The molecule has 1 amide bonds. The summed E-state index contributed by atoms with van der Waals surface area (Å²) in [6.07, 6.45) is 4.43. The van der Waals surface area contributed by atoms with Gasteiger partial charge in [-0.3, -0.25) is 4.79 Å². The van der Waals surface area contributed by atoms with Gasteiger partial charge in [0.2, 0.25) is 0 Å². The Labute approximate surface area is 126 Å². The average Bonchev–Trinajstić information content (AvgIpc) is 3.05. The quantitative estimate of drug-likeness (QED) is 0.871. The number of rotatable bonds is 6. The predicted molar refractivity (Wildman–Crippen MR) is 81.9 cm³/mol. The molecule has 116 valence electrons. The first-order chi connectivity index (χ1) is 10.2. The van der Waals surface area contributed by atoms with Gasteiger partial charge in [-0.2, -0.15) is 0 Å². The van der Waals surface area contributed by atoms with Crippen LogP contribution in [0, 0.1) is 0 Å². The fourth-order valence-corrected chi connectivity index (χ4v) is 3.01. The van der Waals surface area contributed by atoms with E-state index in [2.05, 4.69) is 0 Å². The Morgan fingerprint density at radius 3 is 2.29 bits per heavy atom. The molecule has 0 bridgehead atoms. The molecule has 5 nitrogen and oxygen atoms in total. The minimum absolute atomic E-state index is 0.0540. The standard InChI is InChI=1S/C16H24N2O3/c1-20-13-8-5-9-14(21-2)15(13)16(19)18(11-10-17)12-6-3-4-7-12/h5,8-9,12H,3-4,6-7,10-11,17H2,1-2H3. The van der Waals surface area contributed by atoms with Gasteiger partial charge in [0.1, 0.15) is 17.1 Å². The molecule has 1 aliphatic rings. The van der Waals surface area contributed by atoms with E-state index in [1.807, 2.05) is 11.0 Å². The van der Waals surface area contributed by atoms with Gasteiger partial charge in [0, 0.05) is 19.1 Å². The molecule has 5 heteroatoms. The molecule has 0 heterocycles. The van der Waals surface area contributed by atoms with Gasteiger partial charge >= 0.3 is 0 Å². The molecule has 21 heavy (non-hydrogen) atoms. The van der Waals surface area contributed by atoms with E-state index in [0.717, 1.165) is 12.8 Å². The van der Waals surface area contributed by atoms with Crippen LogP contribution < -0.4 is 15.2 Å². The normalized spacial score (nSPS) is 15.0. The fraction of sp³-hybridized carbons (Fsp3) is 0.562. The maximum atomic E-state index is 13.0. The van der Waals surface area contributed by atoms with E-state index in [9.17, 15) is 4.79 Å². The van der Waals surface area contributed by atoms with Crippen LogP contribution in [-0.4, -0.2) is 44.2 Å². The van der Waals surface area contributed by atoms with Crippen LogP contribution in [0.15, 0.2) is 18.2 Å². The van der Waals surface area contributed by atoms with E-state index in [4.69, 9.17) is 15.2 Å². The number of nitrogens with two attached hydrogens (primary N) is 1. The summed E-state index contributed by atoms with van der Waals surface area (Å²) in [4.78, 5) is 14.9. The first-order valence-electron chi connectivity index (χ1n) is 7.45. The van der Waals surface area contributed by atoms with Gasteiger partial charge in [-0.25, -0.2) is 0 Å². The summed E-state index contributed by atoms with van der Waals surface area (Å²) in [6, 6.07) is 5.66. The van der Waals surface area contributed by atoms with Crippen LogP contribution in [0.25, 0.3) is 0 Å². The molecule has 1 saturated carbocycles. The van der Waals surface area contributed by atoms with Crippen molar-refractivity contribution < 1.29 is 14.3 Å². The lowest BCUT2D eigenvalue weighted by atomic mass is 10.1. The molecule has 0 atom stereocenters. The third-order valence-electron chi connectivity index (χ3n) is 4.04. The summed E-state index contributed by atoms with van der Waals surface area (Å²) >= 11 is 0. The van der Waals surface area contributed by atoms with Crippen molar-refractivity contribution in [3.05, 3.63) is 23.8 Å². The second-order valence-electron chi connectivity index (χ2n) is 5.26. The average molecular weight is 292 g/mol. The monoisotopic (exact) mass is 292 g/mol. The van der Waals surface area contributed by atoms with Crippen molar-refractivity contribution >= 4 is 5.91 Å². The van der Waals surface area contributed by atoms with E-state index in [1.165, 1.54) is 12.8 Å². The molecular weight excluding hydrogens is 268 g/mol. The molecule has 2 N–H and O–H groups in total. The summed E-state index contributed by atoms with van der Waals surface area (Å²) in [5.41, 5.74) is 6.19. The minimum atomic E-state index is -0.0540. The third-order valence-corrected chi connectivity index (χ3v) is 4.04. The highest BCUT2D eigenvalue weighted by atomic mass is 16.5. The number of carbonyl (C=O) groups excluding carboxylic acids is 1. The van der Waals surface area contributed by atoms with Crippen molar-refractivity contribution in [2.75, 3.05) is 27.3 Å². The van der Waals surface area contributed by atoms with Gasteiger partial charge in [-0.05, 0) is 25.0 Å². The molecule has 1 aliphatic carbocycles. The van der Waals surface area contributed by atoms with E-state index in [1.54, 1.807) is 26.4 Å². The van der Waals surface area contributed by atoms with Crippen molar-refractivity contribution in [3.8, 4) is 11.5 Å². The predicted octanol–water partition coefficient (Wildman–Crippen LogP) is 2.05. The molecular formula is C16H24N2O3. The van der Waals surface area contributed by atoms with E-state index in [0.29, 0.717) is 30.2 Å². The van der Waals surface area contributed by atoms with Crippen LogP contribution in [0.2, 0.25) is 0 Å². The Balaban J connectivity index is 2.35. The smallest absolute Gasteiger partial charge is 0.261 e. The zero-order valence-electron chi connectivity index (χ0n) is 12.8. The van der Waals surface area contributed by atoms with Crippen LogP contribution in [0.3, 0.4) is 0 Å². The summed E-state index contributed by atoms with van der Waals surface area (Å²) in [7, 11) is 3.13. The molecule has 0 unspecified atom stereocenters. The number of methoxy groups -OCH3 is 2. The van der Waals surface area contributed by atoms with Crippen molar-refractivity contribution in [3.63, 3.8) is 0 Å². The summed E-state index contributed by atoms with van der Waals surface area (Å²) in [5, 5.41) is 0. The highest BCUT2D eigenvalue weighted by Gasteiger charge is 2.30. The van der Waals surface area contributed by atoms with Crippen LogP contribution in [0.1, 0.15) is 36.0 Å². The van der Waals surface area contributed by atoms with Gasteiger partial charge in [0.15, 0.2) is 0 Å². The van der Waals surface area contributed by atoms with Gasteiger partial charge in [-0.15, -0.1) is 0 Å². The molecule has 0 aliphatic heterocycles. The SMILES string of the molecule is COc1cccc(OC)c1C(=O)N(CCN)C1CCCC1. The number of hydrogen-bond acceptors (Lipinski definition) is 4. The zero-order chi connectivity index (χ0) is 15.2.